The summed E-state index contributed by atoms with van der Waals surface area (Å²) in [6.07, 6.45) is 5.33. The topological polar surface area (TPSA) is 75.9 Å². The van der Waals surface area contributed by atoms with Crippen molar-refractivity contribution in [2.45, 2.75) is 39.2 Å². The van der Waals surface area contributed by atoms with Gasteiger partial charge in [-0.15, -0.1) is 5.10 Å². The van der Waals surface area contributed by atoms with Gasteiger partial charge < -0.3 is 10.2 Å². The number of hydrogen-bond acceptors (Lipinski definition) is 5. The van der Waals surface area contributed by atoms with E-state index >= 15 is 0 Å². The van der Waals surface area contributed by atoms with Crippen LogP contribution in [-0.2, 0) is 0 Å². The van der Waals surface area contributed by atoms with E-state index in [1.54, 1.807) is 4.68 Å². The molecule has 3 aromatic rings. The molecule has 1 atom stereocenters. The van der Waals surface area contributed by atoms with Gasteiger partial charge in [0, 0.05) is 18.2 Å². The van der Waals surface area contributed by atoms with Gasteiger partial charge in [-0.1, -0.05) is 36.2 Å². The molecule has 7 heteroatoms. The van der Waals surface area contributed by atoms with Crippen LogP contribution in [0.4, 0.5) is 0 Å². The zero-order valence-corrected chi connectivity index (χ0v) is 17.6. The van der Waals surface area contributed by atoms with Crippen LogP contribution in [0.1, 0.15) is 42.1 Å². The van der Waals surface area contributed by atoms with Gasteiger partial charge in [-0.3, -0.25) is 4.79 Å². The monoisotopic (exact) mass is 404 g/mol. The zero-order valence-electron chi connectivity index (χ0n) is 17.6. The number of nitrogens with zero attached hydrogens (tertiary/aromatic N) is 5. The van der Waals surface area contributed by atoms with E-state index in [0.717, 1.165) is 36.4 Å². The normalized spacial score (nSPS) is 15.7. The lowest BCUT2D eigenvalue weighted by atomic mass is 10.0. The predicted molar refractivity (Wildman–Crippen MR) is 117 cm³/mol. The fourth-order valence-corrected chi connectivity index (χ4v) is 3.95. The Morgan fingerprint density at radius 1 is 1.07 bits per heavy atom. The Bertz CT molecular complexity index is 977. The molecule has 1 saturated heterocycles. The minimum absolute atomic E-state index is 0.0788. The SMILES string of the molecule is Cc1ccc(-c2cc(C(=O)N[C@H](C)CN3CCCCC3)cc(-n3cnnn3)c2)cc1. The molecule has 1 aromatic heterocycles. The molecule has 0 aliphatic carbocycles. The quantitative estimate of drug-likeness (QED) is 0.683. The summed E-state index contributed by atoms with van der Waals surface area (Å²) in [5.41, 5.74) is 4.55. The molecule has 1 N–H and O–H groups in total. The Kier molecular flexibility index (Phi) is 6.18. The predicted octanol–water partition coefficient (Wildman–Crippen LogP) is 3.24. The van der Waals surface area contributed by atoms with Crippen LogP contribution in [-0.4, -0.2) is 56.7 Å². The van der Waals surface area contributed by atoms with Crippen LogP contribution in [0, 0.1) is 6.92 Å². The lowest BCUT2D eigenvalue weighted by molar-refractivity contribution is 0.0925. The van der Waals surface area contributed by atoms with E-state index in [0.29, 0.717) is 5.56 Å². The van der Waals surface area contributed by atoms with E-state index < -0.39 is 0 Å². The highest BCUT2D eigenvalue weighted by atomic mass is 16.1. The molecule has 30 heavy (non-hydrogen) atoms. The summed E-state index contributed by atoms with van der Waals surface area (Å²) >= 11 is 0. The number of benzene rings is 2. The van der Waals surface area contributed by atoms with Crippen LogP contribution < -0.4 is 5.32 Å². The van der Waals surface area contributed by atoms with E-state index in [4.69, 9.17) is 0 Å². The molecule has 1 aliphatic heterocycles. The first-order valence-corrected chi connectivity index (χ1v) is 10.6. The molecule has 0 unspecified atom stereocenters. The van der Waals surface area contributed by atoms with Crippen molar-refractivity contribution >= 4 is 5.91 Å². The number of aromatic nitrogens is 4. The number of carbonyl (C=O) groups excluding carboxylic acids is 1. The fourth-order valence-electron chi connectivity index (χ4n) is 3.95. The lowest BCUT2D eigenvalue weighted by Crippen LogP contribution is -2.43. The molecule has 1 amide bonds. The first-order chi connectivity index (χ1) is 14.6. The Morgan fingerprint density at radius 3 is 2.53 bits per heavy atom. The van der Waals surface area contributed by atoms with Crippen molar-refractivity contribution in [3.05, 3.63) is 59.9 Å². The van der Waals surface area contributed by atoms with Gasteiger partial charge in [0.15, 0.2) is 0 Å². The summed E-state index contributed by atoms with van der Waals surface area (Å²) in [7, 11) is 0. The molecule has 4 rings (SSSR count). The van der Waals surface area contributed by atoms with E-state index in [1.807, 2.05) is 18.2 Å². The van der Waals surface area contributed by atoms with Crippen molar-refractivity contribution in [1.82, 2.24) is 30.4 Å². The number of amides is 1. The van der Waals surface area contributed by atoms with E-state index in [2.05, 4.69) is 63.9 Å². The Labute approximate surface area is 177 Å². The average molecular weight is 405 g/mol. The number of tetrazole rings is 1. The summed E-state index contributed by atoms with van der Waals surface area (Å²) < 4.78 is 1.58. The molecule has 0 saturated carbocycles. The average Bonchev–Trinajstić information content (AvgIpc) is 3.29. The second kappa shape index (κ2) is 9.17. The molecular weight excluding hydrogens is 376 g/mol. The van der Waals surface area contributed by atoms with Crippen molar-refractivity contribution in [1.29, 1.82) is 0 Å². The molecule has 0 radical (unpaired) electrons. The number of nitrogens with one attached hydrogen (secondary N) is 1. The molecule has 0 bridgehead atoms. The van der Waals surface area contributed by atoms with Gasteiger partial charge >= 0.3 is 0 Å². The minimum Gasteiger partial charge on any atom is -0.348 e. The second-order valence-corrected chi connectivity index (χ2v) is 8.12. The summed E-state index contributed by atoms with van der Waals surface area (Å²) in [4.78, 5) is 15.5. The highest BCUT2D eigenvalue weighted by Gasteiger charge is 2.17. The Balaban J connectivity index is 1.57. The summed E-state index contributed by atoms with van der Waals surface area (Å²) in [5, 5.41) is 14.6. The first kappa shape index (κ1) is 20.2. The van der Waals surface area contributed by atoms with E-state index in [-0.39, 0.29) is 11.9 Å². The van der Waals surface area contributed by atoms with Gasteiger partial charge in [0.05, 0.1) is 5.69 Å². The maximum atomic E-state index is 13.1. The highest BCUT2D eigenvalue weighted by molar-refractivity contribution is 5.96. The van der Waals surface area contributed by atoms with Crippen molar-refractivity contribution < 1.29 is 4.79 Å². The first-order valence-electron chi connectivity index (χ1n) is 10.6. The maximum absolute atomic E-state index is 13.1. The van der Waals surface area contributed by atoms with Gasteiger partial charge in [0.25, 0.3) is 5.91 Å². The van der Waals surface area contributed by atoms with Crippen LogP contribution in [0.2, 0.25) is 0 Å². The Hall–Kier alpha value is -3.06. The number of piperidine rings is 1. The van der Waals surface area contributed by atoms with Crippen LogP contribution in [0.15, 0.2) is 48.8 Å². The van der Waals surface area contributed by atoms with Crippen molar-refractivity contribution in [2.24, 2.45) is 0 Å². The molecule has 0 spiro atoms. The number of hydrogen-bond donors (Lipinski definition) is 1. The number of likely N-dealkylation sites (tertiary alicyclic amines) is 1. The number of rotatable bonds is 6. The van der Waals surface area contributed by atoms with E-state index in [1.165, 1.54) is 31.2 Å². The molecule has 1 fully saturated rings. The largest absolute Gasteiger partial charge is 0.348 e. The number of aryl methyl sites for hydroxylation is 1. The van der Waals surface area contributed by atoms with Crippen LogP contribution >= 0.6 is 0 Å². The molecule has 2 aromatic carbocycles. The molecule has 1 aliphatic rings. The fraction of sp³-hybridized carbons (Fsp3) is 0.391. The lowest BCUT2D eigenvalue weighted by Gasteiger charge is -2.29. The highest BCUT2D eigenvalue weighted by Crippen LogP contribution is 2.24. The van der Waals surface area contributed by atoms with Gasteiger partial charge in [-0.2, -0.15) is 0 Å². The van der Waals surface area contributed by atoms with Gasteiger partial charge in [0.2, 0.25) is 0 Å². The summed E-state index contributed by atoms with van der Waals surface area (Å²) in [5.74, 6) is -0.0807. The molecule has 7 nitrogen and oxygen atoms in total. The van der Waals surface area contributed by atoms with Crippen molar-refractivity contribution in [2.75, 3.05) is 19.6 Å². The van der Waals surface area contributed by atoms with E-state index in [9.17, 15) is 4.79 Å². The third-order valence-corrected chi connectivity index (χ3v) is 5.54. The molecule has 156 valence electrons. The third-order valence-electron chi connectivity index (χ3n) is 5.54. The third kappa shape index (κ3) is 4.91. The summed E-state index contributed by atoms with van der Waals surface area (Å²) in [6.45, 7) is 7.24. The molecule has 2 heterocycles. The minimum atomic E-state index is -0.0807. The second-order valence-electron chi connectivity index (χ2n) is 8.12. The smallest absolute Gasteiger partial charge is 0.251 e. The van der Waals surface area contributed by atoms with Crippen molar-refractivity contribution in [3.63, 3.8) is 0 Å². The van der Waals surface area contributed by atoms with Crippen LogP contribution in [0.5, 0.6) is 0 Å². The summed E-state index contributed by atoms with van der Waals surface area (Å²) in [6, 6.07) is 14.1. The standard InChI is InChI=1S/C23H28N6O/c1-17-6-8-19(9-7-17)20-12-21(14-22(13-20)29-16-24-26-27-29)23(30)25-18(2)15-28-10-4-3-5-11-28/h6-9,12-14,16,18H,3-5,10-11,15H2,1-2H3,(H,25,30)/t18-/m1/s1. The Morgan fingerprint density at radius 2 is 1.83 bits per heavy atom. The number of carbonyl (C=O) groups is 1. The van der Waals surface area contributed by atoms with Crippen LogP contribution in [0.3, 0.4) is 0 Å². The van der Waals surface area contributed by atoms with Crippen LogP contribution in [0.25, 0.3) is 16.8 Å². The van der Waals surface area contributed by atoms with Crippen molar-refractivity contribution in [3.8, 4) is 16.8 Å². The van der Waals surface area contributed by atoms with Gasteiger partial charge in [-0.05, 0) is 79.5 Å². The van der Waals surface area contributed by atoms with Gasteiger partial charge in [0.1, 0.15) is 6.33 Å². The maximum Gasteiger partial charge on any atom is 0.251 e. The van der Waals surface area contributed by atoms with Gasteiger partial charge in [-0.25, -0.2) is 4.68 Å². The zero-order chi connectivity index (χ0) is 20.9. The molecular formula is C23H28N6O.